The summed E-state index contributed by atoms with van der Waals surface area (Å²) >= 11 is 0. The van der Waals surface area contributed by atoms with E-state index in [1.165, 1.54) is 12.1 Å². The van der Waals surface area contributed by atoms with Gasteiger partial charge >= 0.3 is 6.18 Å². The summed E-state index contributed by atoms with van der Waals surface area (Å²) in [5.74, 6) is 0.986. The highest BCUT2D eigenvalue weighted by atomic mass is 32.2. The molecule has 2 fully saturated rings. The van der Waals surface area contributed by atoms with Crippen LogP contribution in [-0.4, -0.2) is 49.7 Å². The average molecular weight is 447 g/mol. The molecule has 2 heterocycles. The summed E-state index contributed by atoms with van der Waals surface area (Å²) in [4.78, 5) is 14.0. The molecule has 168 valence electrons. The van der Waals surface area contributed by atoms with Crippen molar-refractivity contribution in [2.45, 2.75) is 50.6 Å². The van der Waals surface area contributed by atoms with Gasteiger partial charge in [-0.1, -0.05) is 26.0 Å². The first-order valence-electron chi connectivity index (χ1n) is 10.5. The van der Waals surface area contributed by atoms with Crippen molar-refractivity contribution < 1.29 is 26.4 Å². The van der Waals surface area contributed by atoms with E-state index in [0.29, 0.717) is 24.7 Å². The molecule has 0 aliphatic carbocycles. The molecule has 1 aromatic rings. The van der Waals surface area contributed by atoms with E-state index in [4.69, 9.17) is 0 Å². The van der Waals surface area contributed by atoms with Gasteiger partial charge in [0.25, 0.3) is 0 Å². The Labute approximate surface area is 176 Å². The van der Waals surface area contributed by atoms with E-state index in [0.717, 1.165) is 42.4 Å². The number of amides is 1. The third-order valence-corrected chi connectivity index (χ3v) is 8.36. The number of sulfonamides is 1. The van der Waals surface area contributed by atoms with Crippen LogP contribution in [0.15, 0.2) is 29.2 Å². The van der Waals surface area contributed by atoms with Crippen LogP contribution in [0.1, 0.15) is 45.1 Å². The molecule has 2 aliphatic heterocycles. The third kappa shape index (κ3) is 4.82. The monoisotopic (exact) mass is 446 g/mol. The van der Waals surface area contributed by atoms with Crippen LogP contribution in [-0.2, 0) is 21.0 Å². The molecule has 30 heavy (non-hydrogen) atoms. The van der Waals surface area contributed by atoms with Crippen molar-refractivity contribution in [2.75, 3.05) is 26.2 Å². The summed E-state index contributed by atoms with van der Waals surface area (Å²) in [5, 5.41) is 0. The van der Waals surface area contributed by atoms with E-state index < -0.39 is 26.7 Å². The van der Waals surface area contributed by atoms with Crippen molar-refractivity contribution in [3.63, 3.8) is 0 Å². The van der Waals surface area contributed by atoms with E-state index in [2.05, 4.69) is 13.8 Å². The van der Waals surface area contributed by atoms with Gasteiger partial charge in [0, 0.05) is 32.1 Å². The van der Waals surface area contributed by atoms with Crippen molar-refractivity contribution in [1.29, 1.82) is 0 Å². The second-order valence-electron chi connectivity index (χ2n) is 8.58. The molecule has 3 rings (SSSR count). The van der Waals surface area contributed by atoms with Gasteiger partial charge in [-0.05, 0) is 49.7 Å². The number of nitrogens with zero attached hydrogens (tertiary/aromatic N) is 2. The second kappa shape index (κ2) is 8.86. The highest BCUT2D eigenvalue weighted by Crippen LogP contribution is 2.36. The summed E-state index contributed by atoms with van der Waals surface area (Å²) in [6, 6.07) is 4.24. The summed E-state index contributed by atoms with van der Waals surface area (Å²) < 4.78 is 66.6. The summed E-state index contributed by atoms with van der Waals surface area (Å²) in [7, 11) is -4.28. The number of alkyl halides is 3. The zero-order chi connectivity index (χ0) is 22.1. The predicted octanol–water partition coefficient (Wildman–Crippen LogP) is 4.00. The Morgan fingerprint density at radius 3 is 2.10 bits per heavy atom. The van der Waals surface area contributed by atoms with E-state index in [1.807, 2.05) is 4.90 Å². The molecule has 0 saturated carbocycles. The van der Waals surface area contributed by atoms with Crippen molar-refractivity contribution in [3.8, 4) is 0 Å². The van der Waals surface area contributed by atoms with Crippen LogP contribution in [0.4, 0.5) is 13.2 Å². The largest absolute Gasteiger partial charge is 0.417 e. The third-order valence-electron chi connectivity index (χ3n) is 6.41. The minimum Gasteiger partial charge on any atom is -0.342 e. The molecule has 0 radical (unpaired) electrons. The fourth-order valence-corrected chi connectivity index (χ4v) is 6.13. The molecule has 5 nitrogen and oxygen atoms in total. The Kier molecular flexibility index (Phi) is 6.81. The number of hydrogen-bond donors (Lipinski definition) is 0. The topological polar surface area (TPSA) is 57.7 Å². The molecular weight excluding hydrogens is 417 g/mol. The lowest BCUT2D eigenvalue weighted by atomic mass is 9.86. The number of rotatable bonds is 4. The van der Waals surface area contributed by atoms with Crippen LogP contribution in [0, 0.1) is 17.8 Å². The van der Waals surface area contributed by atoms with Crippen LogP contribution >= 0.6 is 0 Å². The van der Waals surface area contributed by atoms with Gasteiger partial charge in [0.1, 0.15) is 0 Å². The predicted molar refractivity (Wildman–Crippen MR) is 107 cm³/mol. The lowest BCUT2D eigenvalue weighted by molar-refractivity contribution is -0.140. The minimum atomic E-state index is -4.75. The zero-order valence-corrected chi connectivity index (χ0v) is 18.2. The first kappa shape index (κ1) is 23.1. The van der Waals surface area contributed by atoms with E-state index >= 15 is 0 Å². The van der Waals surface area contributed by atoms with E-state index in [9.17, 15) is 26.4 Å². The van der Waals surface area contributed by atoms with Crippen LogP contribution in [0.5, 0.6) is 0 Å². The SMILES string of the molecule is CC(C)C1CCN(C(=O)C2CCN(S(=O)(=O)c3ccccc3C(F)(F)F)CC2)CC1. The van der Waals surface area contributed by atoms with Crippen LogP contribution in [0.25, 0.3) is 0 Å². The van der Waals surface area contributed by atoms with Crippen LogP contribution < -0.4 is 0 Å². The molecule has 1 aromatic carbocycles. The van der Waals surface area contributed by atoms with Crippen LogP contribution in [0.2, 0.25) is 0 Å². The lowest BCUT2D eigenvalue weighted by Crippen LogP contribution is -2.47. The number of likely N-dealkylation sites (tertiary alicyclic amines) is 1. The highest BCUT2D eigenvalue weighted by Gasteiger charge is 2.40. The molecule has 0 unspecified atom stereocenters. The summed E-state index contributed by atoms with van der Waals surface area (Å²) in [5.41, 5.74) is -1.16. The maximum Gasteiger partial charge on any atom is 0.417 e. The van der Waals surface area contributed by atoms with Crippen molar-refractivity contribution in [3.05, 3.63) is 29.8 Å². The van der Waals surface area contributed by atoms with Crippen molar-refractivity contribution in [1.82, 2.24) is 9.21 Å². The van der Waals surface area contributed by atoms with Gasteiger partial charge in [0.15, 0.2) is 0 Å². The molecule has 2 saturated heterocycles. The van der Waals surface area contributed by atoms with Crippen molar-refractivity contribution in [2.24, 2.45) is 17.8 Å². The van der Waals surface area contributed by atoms with Gasteiger partial charge in [-0.25, -0.2) is 8.42 Å². The first-order valence-corrected chi connectivity index (χ1v) is 11.9. The molecule has 0 atom stereocenters. The fraction of sp³-hybridized carbons (Fsp3) is 0.667. The maximum absolute atomic E-state index is 13.3. The molecule has 9 heteroatoms. The summed E-state index contributed by atoms with van der Waals surface area (Å²) in [6.07, 6.45) is -2.14. The molecule has 0 spiro atoms. The lowest BCUT2D eigenvalue weighted by Gasteiger charge is -2.38. The normalized spacial score (nSPS) is 20.7. The quantitative estimate of drug-likeness (QED) is 0.703. The Morgan fingerprint density at radius 2 is 1.57 bits per heavy atom. The Balaban J connectivity index is 1.64. The van der Waals surface area contributed by atoms with Crippen LogP contribution in [0.3, 0.4) is 0 Å². The molecule has 1 amide bonds. The number of hydrogen-bond acceptors (Lipinski definition) is 3. The number of halogens is 3. The van der Waals surface area contributed by atoms with Crippen molar-refractivity contribution >= 4 is 15.9 Å². The molecule has 0 aromatic heterocycles. The average Bonchev–Trinajstić information content (AvgIpc) is 2.73. The Hall–Kier alpha value is -1.61. The standard InChI is InChI=1S/C21H29F3N2O3S/c1-15(2)16-7-11-25(12-8-16)20(27)17-9-13-26(14-10-17)30(28,29)19-6-4-3-5-18(19)21(22,23)24/h3-6,15-17H,7-14H2,1-2H3. The number of piperidine rings is 2. The van der Waals surface area contributed by atoms with E-state index in [-0.39, 0.29) is 24.9 Å². The molecule has 0 bridgehead atoms. The summed E-state index contributed by atoms with van der Waals surface area (Å²) in [6.45, 7) is 5.92. The highest BCUT2D eigenvalue weighted by molar-refractivity contribution is 7.89. The minimum absolute atomic E-state index is 0.0462. The van der Waals surface area contributed by atoms with Gasteiger partial charge in [0.05, 0.1) is 10.5 Å². The maximum atomic E-state index is 13.3. The molecular formula is C21H29F3N2O3S. The smallest absolute Gasteiger partial charge is 0.342 e. The van der Waals surface area contributed by atoms with Gasteiger partial charge in [0.2, 0.25) is 15.9 Å². The van der Waals surface area contributed by atoms with Gasteiger partial charge in [-0.15, -0.1) is 0 Å². The molecule has 0 N–H and O–H groups in total. The van der Waals surface area contributed by atoms with E-state index in [1.54, 1.807) is 0 Å². The fourth-order valence-electron chi connectivity index (χ4n) is 4.45. The second-order valence-corrected chi connectivity index (χ2v) is 10.5. The molecule has 2 aliphatic rings. The van der Waals surface area contributed by atoms with Gasteiger partial charge in [-0.3, -0.25) is 4.79 Å². The Morgan fingerprint density at radius 1 is 1.00 bits per heavy atom. The zero-order valence-electron chi connectivity index (χ0n) is 17.4. The number of benzene rings is 1. The number of carbonyl (C=O) groups excluding carboxylic acids is 1. The first-order chi connectivity index (χ1) is 14.0. The van der Waals surface area contributed by atoms with Gasteiger partial charge in [-0.2, -0.15) is 17.5 Å². The Bertz CT molecular complexity index is 854. The van der Waals surface area contributed by atoms with Gasteiger partial charge < -0.3 is 4.90 Å². The number of carbonyl (C=O) groups is 1.